The molecule has 0 saturated heterocycles. The zero-order valence-electron chi connectivity index (χ0n) is 11.0. The molecule has 0 fully saturated rings. The van der Waals surface area contributed by atoms with E-state index in [-0.39, 0.29) is 11.7 Å². The summed E-state index contributed by atoms with van der Waals surface area (Å²) in [5.41, 5.74) is 2.23. The number of phenolic OH excluding ortho intramolecular Hbond substituents is 1. The second-order valence-corrected chi connectivity index (χ2v) is 4.49. The largest absolute Gasteiger partial charge is 0.508 e. The average molecular weight is 256 g/mol. The molecule has 2 rings (SSSR count). The number of pyridine rings is 1. The van der Waals surface area contributed by atoms with Crippen molar-refractivity contribution in [2.75, 3.05) is 7.05 Å². The van der Waals surface area contributed by atoms with E-state index in [2.05, 4.69) is 4.98 Å². The summed E-state index contributed by atoms with van der Waals surface area (Å²) in [6.07, 6.45) is 0. The molecule has 98 valence electrons. The number of rotatable bonds is 3. The number of aromatic nitrogens is 1. The molecule has 1 aromatic carbocycles. The van der Waals surface area contributed by atoms with Crippen molar-refractivity contribution in [2.24, 2.45) is 0 Å². The number of aryl methyl sites for hydroxylation is 1. The van der Waals surface area contributed by atoms with Crippen LogP contribution in [0, 0.1) is 6.92 Å². The van der Waals surface area contributed by atoms with Crippen molar-refractivity contribution in [1.82, 2.24) is 9.88 Å². The Kier molecular flexibility index (Phi) is 3.80. The van der Waals surface area contributed by atoms with Gasteiger partial charge in [0.25, 0.3) is 5.91 Å². The van der Waals surface area contributed by atoms with Gasteiger partial charge in [-0.1, -0.05) is 18.2 Å². The van der Waals surface area contributed by atoms with Crippen LogP contribution < -0.4 is 0 Å². The van der Waals surface area contributed by atoms with Gasteiger partial charge in [-0.05, 0) is 36.8 Å². The summed E-state index contributed by atoms with van der Waals surface area (Å²) < 4.78 is 0. The number of nitrogens with zero attached hydrogens (tertiary/aromatic N) is 2. The third kappa shape index (κ3) is 3.31. The lowest BCUT2D eigenvalue weighted by molar-refractivity contribution is 0.0779. The monoisotopic (exact) mass is 256 g/mol. The van der Waals surface area contributed by atoms with Crippen LogP contribution in [0.4, 0.5) is 0 Å². The second-order valence-electron chi connectivity index (χ2n) is 4.49. The molecule has 0 atom stereocenters. The molecule has 0 saturated carbocycles. The Bertz CT molecular complexity index is 579. The lowest BCUT2D eigenvalue weighted by Crippen LogP contribution is -2.27. The first-order chi connectivity index (χ1) is 9.06. The van der Waals surface area contributed by atoms with Gasteiger partial charge in [0.05, 0.1) is 0 Å². The number of aromatic hydroxyl groups is 1. The number of amides is 1. The topological polar surface area (TPSA) is 53.4 Å². The van der Waals surface area contributed by atoms with Gasteiger partial charge in [0.1, 0.15) is 11.4 Å². The van der Waals surface area contributed by atoms with Crippen molar-refractivity contribution in [3.63, 3.8) is 0 Å². The molecule has 0 spiro atoms. The Morgan fingerprint density at radius 2 is 1.89 bits per heavy atom. The van der Waals surface area contributed by atoms with E-state index in [1.807, 2.05) is 19.1 Å². The van der Waals surface area contributed by atoms with Gasteiger partial charge in [-0.2, -0.15) is 0 Å². The van der Waals surface area contributed by atoms with E-state index >= 15 is 0 Å². The van der Waals surface area contributed by atoms with Crippen molar-refractivity contribution in [2.45, 2.75) is 13.5 Å². The molecule has 0 aliphatic heterocycles. The summed E-state index contributed by atoms with van der Waals surface area (Å²) in [4.78, 5) is 18.0. The van der Waals surface area contributed by atoms with Gasteiger partial charge in [0.2, 0.25) is 0 Å². The first kappa shape index (κ1) is 13.1. The fourth-order valence-electron chi connectivity index (χ4n) is 1.80. The Morgan fingerprint density at radius 1 is 1.21 bits per heavy atom. The fraction of sp³-hybridized carbons (Fsp3) is 0.200. The van der Waals surface area contributed by atoms with E-state index < -0.39 is 0 Å². The third-order valence-corrected chi connectivity index (χ3v) is 2.81. The highest BCUT2D eigenvalue weighted by molar-refractivity contribution is 5.92. The summed E-state index contributed by atoms with van der Waals surface area (Å²) >= 11 is 0. The molecular formula is C15H16N2O2. The summed E-state index contributed by atoms with van der Waals surface area (Å²) in [7, 11) is 1.74. The standard InChI is InChI=1S/C15H16N2O2/c1-11-4-3-5-14(16-11)15(19)17(2)10-12-6-8-13(18)9-7-12/h3-9,18H,10H2,1-2H3. The van der Waals surface area contributed by atoms with Crippen LogP contribution in [0.3, 0.4) is 0 Å². The molecule has 0 aliphatic carbocycles. The van der Waals surface area contributed by atoms with Crippen LogP contribution in [0.25, 0.3) is 0 Å². The van der Waals surface area contributed by atoms with Gasteiger partial charge < -0.3 is 10.0 Å². The van der Waals surface area contributed by atoms with Crippen molar-refractivity contribution >= 4 is 5.91 Å². The van der Waals surface area contributed by atoms with Crippen LogP contribution in [0.15, 0.2) is 42.5 Å². The summed E-state index contributed by atoms with van der Waals surface area (Å²) in [5.74, 6) is 0.106. The molecule has 4 heteroatoms. The molecule has 0 unspecified atom stereocenters. The van der Waals surface area contributed by atoms with Crippen LogP contribution in [0.5, 0.6) is 5.75 Å². The average Bonchev–Trinajstić information content (AvgIpc) is 2.40. The molecule has 4 nitrogen and oxygen atoms in total. The Labute approximate surface area is 112 Å². The highest BCUT2D eigenvalue weighted by Gasteiger charge is 2.13. The lowest BCUT2D eigenvalue weighted by Gasteiger charge is -2.17. The number of carbonyl (C=O) groups excluding carboxylic acids is 1. The number of phenols is 1. The number of hydrogen-bond donors (Lipinski definition) is 1. The third-order valence-electron chi connectivity index (χ3n) is 2.81. The molecule has 19 heavy (non-hydrogen) atoms. The van der Waals surface area contributed by atoms with Gasteiger partial charge >= 0.3 is 0 Å². The molecule has 1 amide bonds. The van der Waals surface area contributed by atoms with Gasteiger partial charge in [-0.25, -0.2) is 4.98 Å². The number of hydrogen-bond acceptors (Lipinski definition) is 3. The van der Waals surface area contributed by atoms with E-state index in [0.717, 1.165) is 11.3 Å². The molecular weight excluding hydrogens is 240 g/mol. The van der Waals surface area contributed by atoms with E-state index in [0.29, 0.717) is 12.2 Å². The van der Waals surface area contributed by atoms with E-state index in [4.69, 9.17) is 0 Å². The maximum atomic E-state index is 12.2. The van der Waals surface area contributed by atoms with E-state index in [9.17, 15) is 9.90 Å². The number of carbonyl (C=O) groups is 1. The van der Waals surface area contributed by atoms with Crippen LogP contribution in [0.2, 0.25) is 0 Å². The van der Waals surface area contributed by atoms with Crippen molar-refractivity contribution in [3.05, 3.63) is 59.4 Å². The van der Waals surface area contributed by atoms with Crippen LogP contribution in [0.1, 0.15) is 21.7 Å². The number of benzene rings is 1. The summed E-state index contributed by atoms with van der Waals surface area (Å²) in [5, 5.41) is 9.22. The van der Waals surface area contributed by atoms with Crippen molar-refractivity contribution < 1.29 is 9.90 Å². The maximum absolute atomic E-state index is 12.2. The quantitative estimate of drug-likeness (QED) is 0.917. The summed E-state index contributed by atoms with van der Waals surface area (Å²) in [6.45, 7) is 2.34. The molecule has 1 heterocycles. The highest BCUT2D eigenvalue weighted by Crippen LogP contribution is 2.12. The molecule has 2 aromatic rings. The minimum absolute atomic E-state index is 0.114. The van der Waals surface area contributed by atoms with E-state index in [1.165, 1.54) is 0 Å². The first-order valence-electron chi connectivity index (χ1n) is 6.03. The Hall–Kier alpha value is -2.36. The minimum Gasteiger partial charge on any atom is -0.508 e. The van der Waals surface area contributed by atoms with Crippen LogP contribution in [-0.2, 0) is 6.54 Å². The van der Waals surface area contributed by atoms with Gasteiger partial charge in [0.15, 0.2) is 0 Å². The van der Waals surface area contributed by atoms with Crippen molar-refractivity contribution in [3.8, 4) is 5.75 Å². The molecule has 0 radical (unpaired) electrons. The zero-order chi connectivity index (χ0) is 13.8. The normalized spacial score (nSPS) is 10.2. The smallest absolute Gasteiger partial charge is 0.272 e. The minimum atomic E-state index is -0.114. The van der Waals surface area contributed by atoms with Crippen molar-refractivity contribution in [1.29, 1.82) is 0 Å². The molecule has 0 aliphatic rings. The Balaban J connectivity index is 2.09. The molecule has 1 aromatic heterocycles. The predicted molar refractivity (Wildman–Crippen MR) is 72.9 cm³/mol. The highest BCUT2D eigenvalue weighted by atomic mass is 16.3. The van der Waals surface area contributed by atoms with Gasteiger partial charge in [-0.15, -0.1) is 0 Å². The van der Waals surface area contributed by atoms with E-state index in [1.54, 1.807) is 42.3 Å². The fourth-order valence-corrected chi connectivity index (χ4v) is 1.80. The summed E-state index contributed by atoms with van der Waals surface area (Å²) in [6, 6.07) is 12.2. The SMILES string of the molecule is Cc1cccc(C(=O)N(C)Cc2ccc(O)cc2)n1. The van der Waals surface area contributed by atoms with Gasteiger partial charge in [0, 0.05) is 19.3 Å². The Morgan fingerprint density at radius 3 is 2.53 bits per heavy atom. The van der Waals surface area contributed by atoms with Crippen LogP contribution >= 0.6 is 0 Å². The lowest BCUT2D eigenvalue weighted by atomic mass is 10.2. The molecule has 1 N–H and O–H groups in total. The molecule has 0 bridgehead atoms. The van der Waals surface area contributed by atoms with Gasteiger partial charge in [-0.3, -0.25) is 4.79 Å². The second kappa shape index (κ2) is 5.52. The first-order valence-corrected chi connectivity index (χ1v) is 6.03. The maximum Gasteiger partial charge on any atom is 0.272 e. The zero-order valence-corrected chi connectivity index (χ0v) is 11.0. The predicted octanol–water partition coefficient (Wildman–Crippen LogP) is 2.37. The van der Waals surface area contributed by atoms with Crippen LogP contribution in [-0.4, -0.2) is 27.9 Å².